The van der Waals surface area contributed by atoms with E-state index < -0.39 is 0 Å². The van der Waals surface area contributed by atoms with Gasteiger partial charge in [-0.2, -0.15) is 4.98 Å². The van der Waals surface area contributed by atoms with Crippen molar-refractivity contribution >= 4 is 11.6 Å². The summed E-state index contributed by atoms with van der Waals surface area (Å²) in [5.74, 6) is 0.977. The summed E-state index contributed by atoms with van der Waals surface area (Å²) in [5, 5.41) is 4.54. The molecule has 1 atom stereocenters. The Morgan fingerprint density at radius 3 is 2.88 bits per heavy atom. The molecule has 5 heteroatoms. The van der Waals surface area contributed by atoms with Crippen molar-refractivity contribution in [2.24, 2.45) is 5.73 Å². The van der Waals surface area contributed by atoms with Crippen LogP contribution in [0.4, 0.5) is 0 Å². The number of hydrogen-bond acceptors (Lipinski definition) is 4. The van der Waals surface area contributed by atoms with Crippen molar-refractivity contribution in [3.05, 3.63) is 34.6 Å². The normalized spacial score (nSPS) is 12.7. The molecule has 1 aromatic heterocycles. The second-order valence-corrected chi connectivity index (χ2v) is 4.34. The van der Waals surface area contributed by atoms with Crippen LogP contribution in [-0.4, -0.2) is 10.1 Å². The van der Waals surface area contributed by atoms with Crippen LogP contribution in [-0.2, 0) is 0 Å². The first-order valence-corrected chi connectivity index (χ1v) is 5.85. The van der Waals surface area contributed by atoms with Gasteiger partial charge in [-0.3, -0.25) is 0 Å². The van der Waals surface area contributed by atoms with Gasteiger partial charge in [0.1, 0.15) is 0 Å². The number of aryl methyl sites for hydroxylation is 1. The Kier molecular flexibility index (Phi) is 3.45. The molecule has 0 aliphatic heterocycles. The van der Waals surface area contributed by atoms with Gasteiger partial charge in [-0.15, -0.1) is 0 Å². The number of nitrogens with two attached hydrogens (primary N) is 1. The molecule has 0 radical (unpaired) electrons. The number of aromatic nitrogens is 2. The van der Waals surface area contributed by atoms with E-state index in [0.29, 0.717) is 16.7 Å². The molecule has 1 unspecified atom stereocenters. The highest BCUT2D eigenvalue weighted by atomic mass is 35.5. The quantitative estimate of drug-likeness (QED) is 0.910. The van der Waals surface area contributed by atoms with Crippen molar-refractivity contribution < 1.29 is 4.52 Å². The Balaban J connectivity index is 2.33. The van der Waals surface area contributed by atoms with Gasteiger partial charge < -0.3 is 10.3 Å². The van der Waals surface area contributed by atoms with Gasteiger partial charge in [-0.25, -0.2) is 0 Å². The van der Waals surface area contributed by atoms with Gasteiger partial charge in [-0.05, 0) is 31.0 Å². The highest BCUT2D eigenvalue weighted by Gasteiger charge is 2.14. The highest BCUT2D eigenvalue weighted by molar-refractivity contribution is 6.31. The van der Waals surface area contributed by atoms with E-state index in [1.165, 1.54) is 0 Å². The molecule has 0 saturated heterocycles. The van der Waals surface area contributed by atoms with Crippen LogP contribution in [0.15, 0.2) is 22.7 Å². The fourth-order valence-corrected chi connectivity index (χ4v) is 1.59. The Bertz CT molecular complexity index is 524. The van der Waals surface area contributed by atoms with Crippen LogP contribution in [0.3, 0.4) is 0 Å². The monoisotopic (exact) mass is 251 g/mol. The SMILES string of the molecule is CCC(N)c1noc(-c2ccc(C)c(Cl)c2)n1. The summed E-state index contributed by atoms with van der Waals surface area (Å²) < 4.78 is 5.17. The smallest absolute Gasteiger partial charge is 0.258 e. The van der Waals surface area contributed by atoms with E-state index in [1.807, 2.05) is 32.0 Å². The first kappa shape index (κ1) is 12.1. The number of benzene rings is 1. The minimum Gasteiger partial charge on any atom is -0.334 e. The van der Waals surface area contributed by atoms with Crippen molar-refractivity contribution in [1.82, 2.24) is 10.1 Å². The van der Waals surface area contributed by atoms with Gasteiger partial charge in [0.25, 0.3) is 5.89 Å². The first-order chi connectivity index (χ1) is 8.11. The molecule has 0 bridgehead atoms. The van der Waals surface area contributed by atoms with Crippen molar-refractivity contribution in [3.8, 4) is 11.5 Å². The van der Waals surface area contributed by atoms with Gasteiger partial charge in [0.15, 0.2) is 5.82 Å². The van der Waals surface area contributed by atoms with E-state index >= 15 is 0 Å². The van der Waals surface area contributed by atoms with Crippen LogP contribution < -0.4 is 5.73 Å². The minimum absolute atomic E-state index is 0.187. The van der Waals surface area contributed by atoms with Gasteiger partial charge in [0, 0.05) is 10.6 Å². The average molecular weight is 252 g/mol. The molecule has 4 nitrogen and oxygen atoms in total. The molecule has 2 aromatic rings. The molecule has 0 aliphatic carbocycles. The third-order valence-corrected chi connectivity index (χ3v) is 3.04. The molecule has 2 N–H and O–H groups in total. The number of halogens is 1. The van der Waals surface area contributed by atoms with Crippen LogP contribution in [0, 0.1) is 6.92 Å². The topological polar surface area (TPSA) is 64.9 Å². The maximum atomic E-state index is 6.05. The van der Waals surface area contributed by atoms with E-state index in [2.05, 4.69) is 10.1 Å². The lowest BCUT2D eigenvalue weighted by molar-refractivity contribution is 0.415. The maximum absolute atomic E-state index is 6.05. The highest BCUT2D eigenvalue weighted by Crippen LogP contribution is 2.24. The Morgan fingerprint density at radius 2 is 2.24 bits per heavy atom. The van der Waals surface area contributed by atoms with E-state index in [-0.39, 0.29) is 6.04 Å². The molecule has 0 aliphatic rings. The van der Waals surface area contributed by atoms with Crippen molar-refractivity contribution in [1.29, 1.82) is 0 Å². The summed E-state index contributed by atoms with van der Waals surface area (Å²) in [5.41, 5.74) is 7.65. The molecule has 1 aromatic carbocycles. The molecular weight excluding hydrogens is 238 g/mol. The van der Waals surface area contributed by atoms with Gasteiger partial charge in [0.05, 0.1) is 6.04 Å². The zero-order chi connectivity index (χ0) is 12.4. The maximum Gasteiger partial charge on any atom is 0.258 e. The molecule has 90 valence electrons. The summed E-state index contributed by atoms with van der Waals surface area (Å²) in [7, 11) is 0. The second-order valence-electron chi connectivity index (χ2n) is 3.94. The Hall–Kier alpha value is -1.39. The molecule has 0 spiro atoms. The summed E-state index contributed by atoms with van der Waals surface area (Å²) >= 11 is 6.05. The summed E-state index contributed by atoms with van der Waals surface area (Å²) in [6.07, 6.45) is 0.771. The lowest BCUT2D eigenvalue weighted by Gasteiger charge is -2.00. The standard InChI is InChI=1S/C12H14ClN3O/c1-3-10(14)11-15-12(17-16-11)8-5-4-7(2)9(13)6-8/h4-6,10H,3,14H2,1-2H3. The summed E-state index contributed by atoms with van der Waals surface area (Å²) in [6.45, 7) is 3.92. The van der Waals surface area contributed by atoms with Crippen molar-refractivity contribution in [3.63, 3.8) is 0 Å². The van der Waals surface area contributed by atoms with Crippen molar-refractivity contribution in [2.45, 2.75) is 26.3 Å². The molecule has 17 heavy (non-hydrogen) atoms. The van der Waals surface area contributed by atoms with E-state index in [9.17, 15) is 0 Å². The van der Waals surface area contributed by atoms with Crippen LogP contribution in [0.5, 0.6) is 0 Å². The van der Waals surface area contributed by atoms with Gasteiger partial charge in [0.2, 0.25) is 0 Å². The molecule has 0 saturated carbocycles. The summed E-state index contributed by atoms with van der Waals surface area (Å²) in [6, 6.07) is 5.44. The zero-order valence-corrected chi connectivity index (χ0v) is 10.5. The molecule has 0 amide bonds. The average Bonchev–Trinajstić information content (AvgIpc) is 2.81. The van der Waals surface area contributed by atoms with E-state index in [4.69, 9.17) is 21.9 Å². The lowest BCUT2D eigenvalue weighted by Crippen LogP contribution is -2.10. The van der Waals surface area contributed by atoms with Crippen LogP contribution in [0.25, 0.3) is 11.5 Å². The van der Waals surface area contributed by atoms with Crippen LogP contribution in [0.1, 0.15) is 30.8 Å². The third kappa shape index (κ3) is 2.48. The number of rotatable bonds is 3. The predicted molar refractivity (Wildman–Crippen MR) is 66.7 cm³/mol. The van der Waals surface area contributed by atoms with Crippen LogP contribution >= 0.6 is 11.6 Å². The number of nitrogens with zero attached hydrogens (tertiary/aromatic N) is 2. The lowest BCUT2D eigenvalue weighted by atomic mass is 10.1. The summed E-state index contributed by atoms with van der Waals surface area (Å²) in [4.78, 5) is 4.26. The van der Waals surface area contributed by atoms with Gasteiger partial charge >= 0.3 is 0 Å². The largest absolute Gasteiger partial charge is 0.334 e. The van der Waals surface area contributed by atoms with Gasteiger partial charge in [-0.1, -0.05) is 29.7 Å². The fourth-order valence-electron chi connectivity index (χ4n) is 1.41. The molecule has 2 rings (SSSR count). The zero-order valence-electron chi connectivity index (χ0n) is 9.77. The Morgan fingerprint density at radius 1 is 1.47 bits per heavy atom. The molecule has 1 heterocycles. The predicted octanol–water partition coefficient (Wildman–Crippen LogP) is 3.11. The van der Waals surface area contributed by atoms with E-state index in [1.54, 1.807) is 0 Å². The second kappa shape index (κ2) is 4.85. The third-order valence-electron chi connectivity index (χ3n) is 2.63. The Labute approximate surface area is 105 Å². The van der Waals surface area contributed by atoms with E-state index in [0.717, 1.165) is 17.5 Å². The van der Waals surface area contributed by atoms with Crippen LogP contribution in [0.2, 0.25) is 5.02 Å². The molecule has 0 fully saturated rings. The van der Waals surface area contributed by atoms with Crippen molar-refractivity contribution in [2.75, 3.05) is 0 Å². The minimum atomic E-state index is -0.187. The first-order valence-electron chi connectivity index (χ1n) is 5.47. The fraction of sp³-hybridized carbons (Fsp3) is 0.333. The number of hydrogen-bond donors (Lipinski definition) is 1. The molecular formula is C12H14ClN3O.